The predicted octanol–water partition coefficient (Wildman–Crippen LogP) is 0.449. The summed E-state index contributed by atoms with van der Waals surface area (Å²) in [4.78, 5) is 79.1. The molecule has 0 aliphatic carbocycles. The smallest absolute Gasteiger partial charge is 0.329 e. The van der Waals surface area contributed by atoms with Crippen molar-refractivity contribution in [2.24, 2.45) is 11.7 Å². The number of amides is 3. The number of carbonyl (C=O) groups excluding carboxylic acids is 3. The van der Waals surface area contributed by atoms with Crippen LogP contribution in [0.4, 0.5) is 0 Å². The van der Waals surface area contributed by atoms with E-state index in [0.717, 1.165) is 4.57 Å². The van der Waals surface area contributed by atoms with Crippen molar-refractivity contribution in [2.45, 2.75) is 51.2 Å². The zero-order valence-corrected chi connectivity index (χ0v) is 21.5. The summed E-state index contributed by atoms with van der Waals surface area (Å²) in [5, 5.41) is 14.5. The van der Waals surface area contributed by atoms with Gasteiger partial charge in [-0.05, 0) is 23.6 Å². The molecule has 0 radical (unpaired) electrons. The number of aromatic amines is 1. The predicted molar refractivity (Wildman–Crippen MR) is 143 cm³/mol. The van der Waals surface area contributed by atoms with Crippen LogP contribution in [0.25, 0.3) is 10.9 Å². The molecule has 12 heteroatoms. The number of benzene rings is 2. The Balaban J connectivity index is 2.02. The van der Waals surface area contributed by atoms with Gasteiger partial charge in [-0.15, -0.1) is 0 Å². The second-order valence-corrected chi connectivity index (χ2v) is 9.30. The number of carbonyl (C=O) groups is 4. The summed E-state index contributed by atoms with van der Waals surface area (Å²) < 4.78 is 0.767. The molecule has 4 unspecified atom stereocenters. The average molecular weight is 538 g/mol. The molecule has 1 aromatic heterocycles. The van der Waals surface area contributed by atoms with Gasteiger partial charge in [-0.1, -0.05) is 62.7 Å². The Hall–Kier alpha value is -4.74. The van der Waals surface area contributed by atoms with Crippen LogP contribution in [0.1, 0.15) is 38.3 Å². The van der Waals surface area contributed by atoms with E-state index in [1.54, 1.807) is 62.4 Å². The zero-order valence-electron chi connectivity index (χ0n) is 21.5. The lowest BCUT2D eigenvalue weighted by Crippen LogP contribution is -2.56. The Morgan fingerprint density at radius 3 is 2.23 bits per heavy atom. The molecule has 3 amide bonds. The Labute approximate surface area is 223 Å². The molecule has 206 valence electrons. The first-order valence-corrected chi connectivity index (χ1v) is 12.4. The van der Waals surface area contributed by atoms with Gasteiger partial charge in [-0.25, -0.2) is 14.2 Å². The highest BCUT2D eigenvalue weighted by Crippen LogP contribution is 2.15. The van der Waals surface area contributed by atoms with Gasteiger partial charge in [0.15, 0.2) is 0 Å². The lowest BCUT2D eigenvalue weighted by Gasteiger charge is -2.26. The number of fused-ring (bicyclic) bond motifs is 1. The maximum absolute atomic E-state index is 13.6. The SMILES string of the molecule is CCC(C)C(NC(=O)C(CC(N)=O)NC(=O)C(Cc1ccccc1)n1c(=O)[nH]c2ccccc2c1=O)C(=O)O. The molecule has 39 heavy (non-hydrogen) atoms. The van der Waals surface area contributed by atoms with Gasteiger partial charge in [0.05, 0.1) is 17.3 Å². The van der Waals surface area contributed by atoms with Gasteiger partial charge in [0.25, 0.3) is 5.56 Å². The van der Waals surface area contributed by atoms with Crippen molar-refractivity contribution in [3.63, 3.8) is 0 Å². The van der Waals surface area contributed by atoms with Crippen molar-refractivity contribution in [2.75, 3.05) is 0 Å². The number of H-pyrrole nitrogens is 1. The summed E-state index contributed by atoms with van der Waals surface area (Å²) in [5.41, 5.74) is 4.66. The highest BCUT2D eigenvalue weighted by atomic mass is 16.4. The highest BCUT2D eigenvalue weighted by Gasteiger charge is 2.33. The van der Waals surface area contributed by atoms with Crippen molar-refractivity contribution >= 4 is 34.6 Å². The van der Waals surface area contributed by atoms with Gasteiger partial charge < -0.3 is 26.5 Å². The summed E-state index contributed by atoms with van der Waals surface area (Å²) >= 11 is 0. The number of primary amides is 1. The first-order chi connectivity index (χ1) is 18.5. The lowest BCUT2D eigenvalue weighted by molar-refractivity contribution is -0.144. The standard InChI is InChI=1S/C27H31N5O7/c1-3-15(2)22(26(37)38)31-23(34)19(14-21(28)33)29-24(35)20(13-16-9-5-4-6-10-16)32-25(36)17-11-7-8-12-18(17)30-27(32)39/h4-12,15,19-20,22H,3,13-14H2,1-2H3,(H2,28,33)(H,29,35)(H,30,39)(H,31,34)(H,37,38). The number of hydrogen-bond acceptors (Lipinski definition) is 6. The van der Waals surface area contributed by atoms with E-state index in [9.17, 15) is 33.9 Å². The summed E-state index contributed by atoms with van der Waals surface area (Å²) in [6, 6.07) is 10.7. The van der Waals surface area contributed by atoms with Gasteiger partial charge in [0, 0.05) is 6.42 Å². The summed E-state index contributed by atoms with van der Waals surface area (Å²) in [7, 11) is 0. The fraction of sp³-hybridized carbons (Fsp3) is 0.333. The summed E-state index contributed by atoms with van der Waals surface area (Å²) in [5.74, 6) is -4.49. The van der Waals surface area contributed by atoms with Crippen LogP contribution in [0.2, 0.25) is 0 Å². The second-order valence-electron chi connectivity index (χ2n) is 9.30. The number of nitrogens with two attached hydrogens (primary N) is 1. The number of nitrogens with zero attached hydrogens (tertiary/aromatic N) is 1. The highest BCUT2D eigenvalue weighted by molar-refractivity contribution is 5.94. The largest absolute Gasteiger partial charge is 0.480 e. The Bertz CT molecular complexity index is 1480. The van der Waals surface area contributed by atoms with Crippen molar-refractivity contribution in [1.82, 2.24) is 20.2 Å². The molecule has 1 heterocycles. The number of aliphatic carboxylic acids is 1. The molecule has 0 bridgehead atoms. The fourth-order valence-corrected chi connectivity index (χ4v) is 4.21. The minimum atomic E-state index is -1.55. The third kappa shape index (κ3) is 6.98. The lowest BCUT2D eigenvalue weighted by atomic mass is 9.98. The molecule has 2 aromatic carbocycles. The van der Waals surface area contributed by atoms with Crippen LogP contribution in [-0.4, -0.2) is 50.4 Å². The monoisotopic (exact) mass is 537 g/mol. The average Bonchev–Trinajstić information content (AvgIpc) is 2.90. The summed E-state index contributed by atoms with van der Waals surface area (Å²) in [6.45, 7) is 3.39. The molecule has 4 atom stereocenters. The van der Waals surface area contributed by atoms with E-state index in [1.807, 2.05) is 0 Å². The normalized spacial score (nSPS) is 14.1. The van der Waals surface area contributed by atoms with Gasteiger partial charge in [-0.2, -0.15) is 0 Å². The van der Waals surface area contributed by atoms with Gasteiger partial charge in [0.2, 0.25) is 17.7 Å². The number of para-hydroxylation sites is 1. The molecular weight excluding hydrogens is 506 g/mol. The van der Waals surface area contributed by atoms with Crippen LogP contribution in [-0.2, 0) is 25.6 Å². The summed E-state index contributed by atoms with van der Waals surface area (Å²) in [6.07, 6.45) is -0.286. The number of carboxylic acid groups (broad SMARTS) is 1. The van der Waals surface area contributed by atoms with Crippen LogP contribution < -0.4 is 27.6 Å². The van der Waals surface area contributed by atoms with Crippen LogP contribution >= 0.6 is 0 Å². The van der Waals surface area contributed by atoms with Crippen LogP contribution in [0.3, 0.4) is 0 Å². The molecule has 0 aliphatic heterocycles. The number of carboxylic acids is 1. The van der Waals surface area contributed by atoms with Crippen molar-refractivity contribution in [3.05, 3.63) is 81.0 Å². The molecule has 0 spiro atoms. The maximum atomic E-state index is 13.6. The van der Waals surface area contributed by atoms with Crippen LogP contribution in [0.15, 0.2) is 64.2 Å². The fourth-order valence-electron chi connectivity index (χ4n) is 4.21. The Morgan fingerprint density at radius 1 is 0.974 bits per heavy atom. The zero-order chi connectivity index (χ0) is 28.7. The van der Waals surface area contributed by atoms with Gasteiger partial charge >= 0.3 is 11.7 Å². The van der Waals surface area contributed by atoms with E-state index < -0.39 is 65.4 Å². The molecule has 0 saturated heterocycles. The molecular formula is C27H31N5O7. The quantitative estimate of drug-likeness (QED) is 0.221. The van der Waals surface area contributed by atoms with E-state index in [1.165, 1.54) is 6.07 Å². The minimum Gasteiger partial charge on any atom is -0.480 e. The Kier molecular flexibility index (Phi) is 9.37. The van der Waals surface area contributed by atoms with E-state index in [0.29, 0.717) is 17.5 Å². The topological polar surface area (TPSA) is 193 Å². The maximum Gasteiger partial charge on any atom is 0.329 e. The van der Waals surface area contributed by atoms with Crippen LogP contribution in [0.5, 0.6) is 0 Å². The first kappa shape index (κ1) is 28.8. The van der Waals surface area contributed by atoms with E-state index in [4.69, 9.17) is 5.73 Å². The Morgan fingerprint density at radius 2 is 1.62 bits per heavy atom. The van der Waals surface area contributed by atoms with Crippen molar-refractivity contribution in [3.8, 4) is 0 Å². The van der Waals surface area contributed by atoms with Crippen LogP contribution in [0, 0.1) is 5.92 Å². The van der Waals surface area contributed by atoms with Gasteiger partial charge in [0.1, 0.15) is 18.1 Å². The number of rotatable bonds is 12. The van der Waals surface area contributed by atoms with E-state index >= 15 is 0 Å². The molecule has 6 N–H and O–H groups in total. The third-order valence-electron chi connectivity index (χ3n) is 6.54. The molecule has 0 fully saturated rings. The van der Waals surface area contributed by atoms with Crippen molar-refractivity contribution < 1.29 is 24.3 Å². The van der Waals surface area contributed by atoms with E-state index in [2.05, 4.69) is 15.6 Å². The van der Waals surface area contributed by atoms with Crippen molar-refractivity contribution in [1.29, 1.82) is 0 Å². The molecule has 0 aliphatic rings. The number of hydrogen-bond donors (Lipinski definition) is 5. The second kappa shape index (κ2) is 12.7. The number of nitrogens with one attached hydrogen (secondary N) is 3. The van der Waals surface area contributed by atoms with Gasteiger partial charge in [-0.3, -0.25) is 19.2 Å². The minimum absolute atomic E-state index is 0.0937. The third-order valence-corrected chi connectivity index (χ3v) is 6.54. The van der Waals surface area contributed by atoms with E-state index in [-0.39, 0.29) is 11.8 Å². The molecule has 12 nitrogen and oxygen atoms in total. The molecule has 3 aromatic rings. The first-order valence-electron chi connectivity index (χ1n) is 12.4. The molecule has 0 saturated carbocycles. The molecule has 3 rings (SSSR count). The number of aromatic nitrogens is 2.